The molecule has 0 aromatic heterocycles. The molecule has 25 heavy (non-hydrogen) atoms. The van der Waals surface area contributed by atoms with Crippen LogP contribution in [0.3, 0.4) is 0 Å². The molecule has 5 nitrogen and oxygen atoms in total. The van der Waals surface area contributed by atoms with Gasteiger partial charge in [0.1, 0.15) is 5.82 Å². The molecule has 0 radical (unpaired) electrons. The van der Waals surface area contributed by atoms with Gasteiger partial charge in [0.2, 0.25) is 5.91 Å². The number of carbonyl (C=O) groups is 1. The topological polar surface area (TPSA) is 56.7 Å². The predicted molar refractivity (Wildman–Crippen MR) is 112 cm³/mol. The van der Waals surface area contributed by atoms with Gasteiger partial charge in [0.05, 0.1) is 0 Å². The third-order valence-electron chi connectivity index (χ3n) is 3.88. The lowest BCUT2D eigenvalue weighted by atomic mass is 10.3. The molecule has 1 aliphatic heterocycles. The van der Waals surface area contributed by atoms with Gasteiger partial charge < -0.3 is 15.5 Å². The van der Waals surface area contributed by atoms with E-state index in [2.05, 4.69) is 15.6 Å². The Bertz CT molecular complexity index is 570. The third-order valence-corrected chi connectivity index (χ3v) is 4.90. The maximum absolute atomic E-state index is 12.9. The van der Waals surface area contributed by atoms with Gasteiger partial charge in [0.25, 0.3) is 0 Å². The maximum atomic E-state index is 12.9. The lowest BCUT2D eigenvalue weighted by molar-refractivity contribution is -0.129. The summed E-state index contributed by atoms with van der Waals surface area (Å²) in [6.45, 7) is 4.19. The predicted octanol–water partition coefficient (Wildman–Crippen LogP) is 2.71. The van der Waals surface area contributed by atoms with E-state index >= 15 is 0 Å². The van der Waals surface area contributed by atoms with E-state index in [-0.39, 0.29) is 41.7 Å². The molecule has 0 saturated carbocycles. The summed E-state index contributed by atoms with van der Waals surface area (Å²) in [6.07, 6.45) is 1.50. The first-order valence-corrected chi connectivity index (χ1v) is 9.24. The molecule has 0 aliphatic carbocycles. The number of hydrogen-bond acceptors (Lipinski definition) is 3. The van der Waals surface area contributed by atoms with Crippen LogP contribution in [0.2, 0.25) is 0 Å². The lowest BCUT2D eigenvalue weighted by Crippen LogP contribution is -2.45. The Morgan fingerprint density at radius 3 is 2.76 bits per heavy atom. The largest absolute Gasteiger partial charge is 0.356 e. The normalized spacial score (nSPS) is 17.2. The molecular formula is C17H26FIN4OS. The smallest absolute Gasteiger partial charge is 0.222 e. The van der Waals surface area contributed by atoms with Crippen LogP contribution in [0.15, 0.2) is 34.2 Å². The summed E-state index contributed by atoms with van der Waals surface area (Å²) in [5, 5.41) is 6.64. The van der Waals surface area contributed by atoms with Crippen LogP contribution in [0.5, 0.6) is 0 Å². The number of nitrogens with zero attached hydrogens (tertiary/aromatic N) is 2. The van der Waals surface area contributed by atoms with Crippen molar-refractivity contribution in [2.24, 2.45) is 4.99 Å². The van der Waals surface area contributed by atoms with Crippen molar-refractivity contribution >= 4 is 47.6 Å². The molecule has 2 N–H and O–H groups in total. The Labute approximate surface area is 170 Å². The van der Waals surface area contributed by atoms with E-state index in [1.54, 1.807) is 30.9 Å². The van der Waals surface area contributed by atoms with E-state index in [0.29, 0.717) is 6.42 Å². The van der Waals surface area contributed by atoms with E-state index in [1.165, 1.54) is 12.1 Å². The Kier molecular flexibility index (Phi) is 10.2. The molecule has 8 heteroatoms. The van der Waals surface area contributed by atoms with Crippen molar-refractivity contribution in [1.82, 2.24) is 15.5 Å². The van der Waals surface area contributed by atoms with E-state index < -0.39 is 0 Å². The van der Waals surface area contributed by atoms with E-state index in [4.69, 9.17) is 0 Å². The number of rotatable bonds is 6. The van der Waals surface area contributed by atoms with Crippen molar-refractivity contribution in [2.75, 3.05) is 32.4 Å². The van der Waals surface area contributed by atoms with Crippen LogP contribution < -0.4 is 10.6 Å². The fourth-order valence-electron chi connectivity index (χ4n) is 2.59. The molecule has 1 atom stereocenters. The van der Waals surface area contributed by atoms with Crippen molar-refractivity contribution < 1.29 is 9.18 Å². The number of hydrogen-bond donors (Lipinski definition) is 2. The second-order valence-electron chi connectivity index (χ2n) is 5.62. The highest BCUT2D eigenvalue weighted by Gasteiger charge is 2.25. The van der Waals surface area contributed by atoms with Crippen molar-refractivity contribution in [3.05, 3.63) is 30.1 Å². The van der Waals surface area contributed by atoms with Gasteiger partial charge in [-0.3, -0.25) is 9.79 Å². The molecule has 1 aliphatic rings. The molecule has 1 fully saturated rings. The van der Waals surface area contributed by atoms with Gasteiger partial charge in [-0.15, -0.1) is 35.7 Å². The molecule has 1 saturated heterocycles. The number of halogens is 2. The number of guanidine groups is 1. The van der Waals surface area contributed by atoms with Crippen LogP contribution in [0, 0.1) is 5.82 Å². The summed E-state index contributed by atoms with van der Waals surface area (Å²) in [6, 6.07) is 6.76. The second-order valence-corrected chi connectivity index (χ2v) is 6.79. The van der Waals surface area contributed by atoms with E-state index in [0.717, 1.165) is 42.7 Å². The lowest BCUT2D eigenvalue weighted by Gasteiger charge is -2.18. The van der Waals surface area contributed by atoms with E-state index in [9.17, 15) is 9.18 Å². The van der Waals surface area contributed by atoms with Crippen molar-refractivity contribution in [1.29, 1.82) is 0 Å². The van der Waals surface area contributed by atoms with Crippen LogP contribution in [-0.4, -0.2) is 55.2 Å². The molecule has 1 aromatic carbocycles. The van der Waals surface area contributed by atoms with Crippen LogP contribution in [0.1, 0.15) is 19.8 Å². The van der Waals surface area contributed by atoms with Gasteiger partial charge in [-0.1, -0.05) is 6.92 Å². The Morgan fingerprint density at radius 1 is 1.40 bits per heavy atom. The molecule has 1 unspecified atom stereocenters. The van der Waals surface area contributed by atoms with Crippen LogP contribution in [0.4, 0.5) is 4.39 Å². The number of aliphatic imine (C=N–C) groups is 1. The quantitative estimate of drug-likeness (QED) is 0.216. The summed E-state index contributed by atoms with van der Waals surface area (Å²) in [7, 11) is 1.74. The Morgan fingerprint density at radius 2 is 2.12 bits per heavy atom. The SMILES string of the molecule is CCC(=O)N1CCC(NC(=NC)NCCSc2ccc(F)cc2)C1.I. The number of nitrogens with one attached hydrogen (secondary N) is 2. The van der Waals surface area contributed by atoms with Crippen LogP contribution >= 0.6 is 35.7 Å². The van der Waals surface area contributed by atoms with Crippen LogP contribution in [0.25, 0.3) is 0 Å². The third kappa shape index (κ3) is 7.39. The second kappa shape index (κ2) is 11.6. The number of carbonyl (C=O) groups excluding carboxylic acids is 1. The fraction of sp³-hybridized carbons (Fsp3) is 0.529. The first-order valence-electron chi connectivity index (χ1n) is 8.25. The van der Waals surface area contributed by atoms with Crippen molar-refractivity contribution in [3.63, 3.8) is 0 Å². The monoisotopic (exact) mass is 480 g/mol. The van der Waals surface area contributed by atoms with Crippen molar-refractivity contribution in [2.45, 2.75) is 30.7 Å². The van der Waals surface area contributed by atoms with Gasteiger partial charge in [-0.25, -0.2) is 4.39 Å². The highest BCUT2D eigenvalue weighted by molar-refractivity contribution is 14.0. The van der Waals surface area contributed by atoms with Gasteiger partial charge in [-0.05, 0) is 30.7 Å². The number of likely N-dealkylation sites (tertiary alicyclic amines) is 1. The zero-order valence-corrected chi connectivity index (χ0v) is 17.8. The minimum absolute atomic E-state index is 0. The average Bonchev–Trinajstić information content (AvgIpc) is 3.07. The minimum atomic E-state index is -0.214. The van der Waals surface area contributed by atoms with Gasteiger partial charge in [-0.2, -0.15) is 0 Å². The first-order chi connectivity index (χ1) is 11.6. The summed E-state index contributed by atoms with van der Waals surface area (Å²) in [5.41, 5.74) is 0. The highest BCUT2D eigenvalue weighted by atomic mass is 127. The summed E-state index contributed by atoms with van der Waals surface area (Å²) < 4.78 is 12.9. The molecule has 2 rings (SSSR count). The summed E-state index contributed by atoms with van der Waals surface area (Å²) in [5.74, 6) is 1.61. The van der Waals surface area contributed by atoms with Crippen LogP contribution in [-0.2, 0) is 4.79 Å². The first kappa shape index (κ1) is 22.0. The van der Waals surface area contributed by atoms with Gasteiger partial charge in [0.15, 0.2) is 5.96 Å². The molecule has 1 aromatic rings. The van der Waals surface area contributed by atoms with Gasteiger partial charge >= 0.3 is 0 Å². The van der Waals surface area contributed by atoms with Gasteiger partial charge in [0, 0.05) is 49.8 Å². The minimum Gasteiger partial charge on any atom is -0.356 e. The Balaban J connectivity index is 0.00000312. The zero-order valence-electron chi connectivity index (χ0n) is 14.6. The molecule has 1 amide bonds. The molecule has 0 bridgehead atoms. The average molecular weight is 480 g/mol. The summed E-state index contributed by atoms with van der Waals surface area (Å²) >= 11 is 1.67. The number of thioether (sulfide) groups is 1. The standard InChI is InChI=1S/C17H25FN4OS.HI/c1-3-16(23)22-10-8-14(12-22)21-17(19-2)20-9-11-24-15-6-4-13(18)5-7-15;/h4-7,14H,3,8-12H2,1-2H3,(H2,19,20,21);1H. The van der Waals surface area contributed by atoms with E-state index in [1.807, 2.05) is 11.8 Å². The molecule has 0 spiro atoms. The Hall–Kier alpha value is -1.03. The molecule has 1 heterocycles. The molecule has 140 valence electrons. The maximum Gasteiger partial charge on any atom is 0.222 e. The number of benzene rings is 1. The summed E-state index contributed by atoms with van der Waals surface area (Å²) in [4.78, 5) is 18.9. The fourth-order valence-corrected chi connectivity index (χ4v) is 3.35. The number of amides is 1. The van der Waals surface area contributed by atoms with Crippen molar-refractivity contribution in [3.8, 4) is 0 Å². The molecular weight excluding hydrogens is 454 g/mol. The zero-order chi connectivity index (χ0) is 17.4. The highest BCUT2D eigenvalue weighted by Crippen LogP contribution is 2.17.